The van der Waals surface area contributed by atoms with Crippen molar-refractivity contribution in [2.75, 3.05) is 32.5 Å². The van der Waals surface area contributed by atoms with Crippen LogP contribution >= 0.6 is 0 Å². The molecular weight excluding hydrogens is 510 g/mol. The van der Waals surface area contributed by atoms with Gasteiger partial charge in [0.2, 0.25) is 5.91 Å². The second-order valence-electron chi connectivity index (χ2n) is 11.6. The van der Waals surface area contributed by atoms with Crippen LogP contribution in [0.4, 0.5) is 10.5 Å². The third-order valence-corrected chi connectivity index (χ3v) is 8.20. The first-order valence-electron chi connectivity index (χ1n) is 14.5. The summed E-state index contributed by atoms with van der Waals surface area (Å²) in [6.07, 6.45) is 3.76. The normalized spacial score (nSPS) is 15.6. The number of hydrogen-bond donors (Lipinski definition) is 3. The Morgan fingerprint density at radius 3 is 2.46 bits per heavy atom. The average molecular weight is 552 g/mol. The molecule has 1 fully saturated rings. The van der Waals surface area contributed by atoms with Gasteiger partial charge in [-0.05, 0) is 74.7 Å². The van der Waals surface area contributed by atoms with Gasteiger partial charge in [-0.2, -0.15) is 0 Å². The molecule has 0 aliphatic carbocycles. The lowest BCUT2D eigenvalue weighted by molar-refractivity contribution is -0.118. The number of para-hydroxylation sites is 1. The zero-order chi connectivity index (χ0) is 28.9. The number of urea groups is 1. The molecule has 0 bridgehead atoms. The number of carbonyl (C=O) groups is 2. The second kappa shape index (κ2) is 12.6. The Morgan fingerprint density at radius 2 is 1.73 bits per heavy atom. The van der Waals surface area contributed by atoms with Gasteiger partial charge >= 0.3 is 6.03 Å². The van der Waals surface area contributed by atoms with E-state index in [9.17, 15) is 9.59 Å². The molecule has 1 aliphatic rings. The number of piperidine rings is 1. The lowest BCUT2D eigenvalue weighted by Gasteiger charge is -2.34. The zero-order valence-electron chi connectivity index (χ0n) is 24.5. The number of nitrogens with zero attached hydrogens (tertiary/aromatic N) is 2. The molecule has 0 radical (unpaired) electrons. The number of rotatable bonds is 8. The Balaban J connectivity index is 1.33. The maximum absolute atomic E-state index is 13.8. The number of amides is 3. The molecule has 3 amide bonds. The van der Waals surface area contributed by atoms with Gasteiger partial charge in [-0.15, -0.1) is 0 Å². The number of benzene rings is 3. The van der Waals surface area contributed by atoms with Gasteiger partial charge in [0.25, 0.3) is 0 Å². The molecular formula is C34H41N5O2. The number of carbonyl (C=O) groups excluding carboxylic acids is 2. The highest BCUT2D eigenvalue weighted by Crippen LogP contribution is 2.30. The van der Waals surface area contributed by atoms with E-state index in [4.69, 9.17) is 0 Å². The molecule has 4 aromatic rings. The summed E-state index contributed by atoms with van der Waals surface area (Å²) in [7, 11) is 4.03. The van der Waals surface area contributed by atoms with Gasteiger partial charge in [-0.1, -0.05) is 67.1 Å². The van der Waals surface area contributed by atoms with Crippen LogP contribution in [0.2, 0.25) is 0 Å². The van der Waals surface area contributed by atoms with Crippen molar-refractivity contribution >= 4 is 28.5 Å². The van der Waals surface area contributed by atoms with E-state index < -0.39 is 6.04 Å². The van der Waals surface area contributed by atoms with Gasteiger partial charge in [0.1, 0.15) is 6.04 Å². The maximum Gasteiger partial charge on any atom is 0.318 e. The number of aromatic amines is 1. The quantitative estimate of drug-likeness (QED) is 0.243. The molecule has 7 nitrogen and oxygen atoms in total. The number of fused-ring (bicyclic) bond motifs is 1. The molecule has 0 spiro atoms. The fourth-order valence-electron chi connectivity index (χ4n) is 5.88. The lowest BCUT2D eigenvalue weighted by Crippen LogP contribution is -2.53. The average Bonchev–Trinajstić information content (AvgIpc) is 3.40. The third kappa shape index (κ3) is 6.80. The van der Waals surface area contributed by atoms with Crippen molar-refractivity contribution in [3.63, 3.8) is 0 Å². The molecule has 0 unspecified atom stereocenters. The van der Waals surface area contributed by atoms with E-state index in [1.807, 2.05) is 74.6 Å². The van der Waals surface area contributed by atoms with E-state index >= 15 is 0 Å². The number of aromatic nitrogens is 1. The summed E-state index contributed by atoms with van der Waals surface area (Å²) >= 11 is 0. The van der Waals surface area contributed by atoms with E-state index in [1.54, 1.807) is 0 Å². The van der Waals surface area contributed by atoms with Crippen LogP contribution in [0.25, 0.3) is 10.9 Å². The molecule has 1 saturated heterocycles. The molecule has 3 N–H and O–H groups in total. The van der Waals surface area contributed by atoms with Crippen LogP contribution in [-0.2, 0) is 11.3 Å². The first kappa shape index (κ1) is 28.4. The smallest absolute Gasteiger partial charge is 0.318 e. The minimum Gasteiger partial charge on any atom is -0.361 e. The highest BCUT2D eigenvalue weighted by molar-refractivity contribution is 5.98. The Morgan fingerprint density at radius 1 is 1.00 bits per heavy atom. The van der Waals surface area contributed by atoms with Crippen molar-refractivity contribution in [3.05, 3.63) is 101 Å². The lowest BCUT2D eigenvalue weighted by atomic mass is 9.89. The summed E-state index contributed by atoms with van der Waals surface area (Å²) in [5.74, 6) is -0.0452. The molecule has 1 aliphatic heterocycles. The number of likely N-dealkylation sites (tertiary alicyclic amines) is 1. The maximum atomic E-state index is 13.8. The first-order valence-corrected chi connectivity index (χ1v) is 14.5. The number of H-pyrrole nitrogens is 1. The van der Waals surface area contributed by atoms with E-state index in [2.05, 4.69) is 57.8 Å². The van der Waals surface area contributed by atoms with Crippen molar-refractivity contribution in [3.8, 4) is 0 Å². The Bertz CT molecular complexity index is 1480. The summed E-state index contributed by atoms with van der Waals surface area (Å²) in [5, 5.41) is 7.26. The number of nitrogens with one attached hydrogen (secondary N) is 3. The Hall–Kier alpha value is -4.10. The molecule has 2 heterocycles. The van der Waals surface area contributed by atoms with Gasteiger partial charge in [-0.25, -0.2) is 4.79 Å². The summed E-state index contributed by atoms with van der Waals surface area (Å²) in [6.45, 7) is 6.20. The molecule has 41 heavy (non-hydrogen) atoms. The molecule has 7 heteroatoms. The van der Waals surface area contributed by atoms with Crippen LogP contribution in [0.1, 0.15) is 53.9 Å². The zero-order valence-corrected chi connectivity index (χ0v) is 24.5. The minimum atomic E-state index is -0.756. The fraction of sp³-hybridized carbons (Fsp3) is 0.353. The van der Waals surface area contributed by atoms with Crippen LogP contribution in [-0.4, -0.2) is 59.9 Å². The summed E-state index contributed by atoms with van der Waals surface area (Å²) in [6, 6.07) is 23.7. The molecule has 2 atom stereocenters. The summed E-state index contributed by atoms with van der Waals surface area (Å²) in [4.78, 5) is 34.7. The van der Waals surface area contributed by atoms with Gasteiger partial charge < -0.3 is 25.4 Å². The van der Waals surface area contributed by atoms with Gasteiger partial charge in [0.05, 0.1) is 0 Å². The van der Waals surface area contributed by atoms with Crippen LogP contribution in [0.3, 0.4) is 0 Å². The van der Waals surface area contributed by atoms with E-state index in [0.717, 1.165) is 47.1 Å². The van der Waals surface area contributed by atoms with Crippen molar-refractivity contribution in [1.29, 1.82) is 0 Å². The molecule has 214 valence electrons. The van der Waals surface area contributed by atoms with Crippen LogP contribution in [0.15, 0.2) is 79.0 Å². The summed E-state index contributed by atoms with van der Waals surface area (Å²) in [5.41, 5.74) is 6.42. The van der Waals surface area contributed by atoms with Crippen molar-refractivity contribution in [1.82, 2.24) is 20.1 Å². The minimum absolute atomic E-state index is 0.194. The molecule has 0 saturated carbocycles. The second-order valence-corrected chi connectivity index (χ2v) is 11.6. The predicted octanol–water partition coefficient (Wildman–Crippen LogP) is 6.24. The number of hydrogen-bond acceptors (Lipinski definition) is 3. The van der Waals surface area contributed by atoms with Crippen LogP contribution in [0, 0.1) is 6.92 Å². The standard InChI is InChI=1S/C34H41N5O2/c1-23-12-14-26(15-13-23)27-16-18-39(19-17-27)34(41)37-32(24(2)30-21-35-31-11-6-5-10-29(30)31)33(40)36-28-9-7-8-25(20-28)22-38(3)4/h5-15,20-21,24,27,32,35H,16-19,22H2,1-4H3,(H,36,40)(H,37,41)/t24-,32+/m0/s1. The van der Waals surface area contributed by atoms with E-state index in [-0.39, 0.29) is 17.9 Å². The molecule has 5 rings (SSSR count). The largest absolute Gasteiger partial charge is 0.361 e. The molecule has 3 aromatic carbocycles. The Labute approximate surface area is 242 Å². The third-order valence-electron chi connectivity index (χ3n) is 8.20. The molecule has 1 aromatic heterocycles. The van der Waals surface area contributed by atoms with E-state index in [0.29, 0.717) is 19.0 Å². The summed E-state index contributed by atoms with van der Waals surface area (Å²) < 4.78 is 0. The van der Waals surface area contributed by atoms with Gasteiger partial charge in [0, 0.05) is 48.3 Å². The predicted molar refractivity (Wildman–Crippen MR) is 166 cm³/mol. The topological polar surface area (TPSA) is 80.5 Å². The number of anilines is 1. The highest BCUT2D eigenvalue weighted by Gasteiger charge is 2.32. The SMILES string of the molecule is Cc1ccc(C2CCN(C(=O)N[C@@H](C(=O)Nc3cccc(CN(C)C)c3)[C@@H](C)c3c[nH]c4ccccc34)CC2)cc1. The Kier molecular flexibility index (Phi) is 8.74. The highest BCUT2D eigenvalue weighted by atomic mass is 16.2. The fourth-order valence-corrected chi connectivity index (χ4v) is 5.88. The van der Waals surface area contributed by atoms with Crippen molar-refractivity contribution in [2.45, 2.75) is 51.1 Å². The van der Waals surface area contributed by atoms with E-state index in [1.165, 1.54) is 11.1 Å². The van der Waals surface area contributed by atoms with Gasteiger partial charge in [0.15, 0.2) is 0 Å². The van der Waals surface area contributed by atoms with Crippen molar-refractivity contribution in [2.24, 2.45) is 0 Å². The van der Waals surface area contributed by atoms with Crippen LogP contribution < -0.4 is 10.6 Å². The van der Waals surface area contributed by atoms with Gasteiger partial charge in [-0.3, -0.25) is 4.79 Å². The van der Waals surface area contributed by atoms with Crippen LogP contribution in [0.5, 0.6) is 0 Å². The monoisotopic (exact) mass is 551 g/mol. The van der Waals surface area contributed by atoms with Crippen molar-refractivity contribution < 1.29 is 9.59 Å². The number of aryl methyl sites for hydroxylation is 1. The first-order chi connectivity index (χ1) is 19.8.